The number of ether oxygens (including phenoxy) is 1. The van der Waals surface area contributed by atoms with Crippen LogP contribution in [0.4, 0.5) is 4.39 Å². The number of nitrogens with one attached hydrogen (secondary N) is 1. The Morgan fingerprint density at radius 1 is 1.50 bits per heavy atom. The van der Waals surface area contributed by atoms with Gasteiger partial charge in [0.15, 0.2) is 5.75 Å². The van der Waals surface area contributed by atoms with Crippen LogP contribution in [0.15, 0.2) is 30.6 Å². The van der Waals surface area contributed by atoms with Gasteiger partial charge in [-0.05, 0) is 37.5 Å². The van der Waals surface area contributed by atoms with Gasteiger partial charge in [0.05, 0.1) is 24.0 Å². The van der Waals surface area contributed by atoms with Gasteiger partial charge in [-0.2, -0.15) is 10.4 Å². The number of benzene rings is 1. The molecule has 1 saturated carbocycles. The lowest BCUT2D eigenvalue weighted by Gasteiger charge is -2.21. The summed E-state index contributed by atoms with van der Waals surface area (Å²) >= 11 is 0. The van der Waals surface area contributed by atoms with Crippen LogP contribution in [0.25, 0.3) is 0 Å². The van der Waals surface area contributed by atoms with Crippen LogP contribution >= 0.6 is 0 Å². The Bertz CT molecular complexity index is 796. The van der Waals surface area contributed by atoms with Crippen molar-refractivity contribution < 1.29 is 13.9 Å². The molecule has 2 atom stereocenters. The zero-order valence-electron chi connectivity index (χ0n) is 13.2. The quantitative estimate of drug-likeness (QED) is 0.933. The highest BCUT2D eigenvalue weighted by Gasteiger charge is 2.31. The monoisotopic (exact) mass is 328 g/mol. The van der Waals surface area contributed by atoms with Crippen molar-refractivity contribution in [2.75, 3.05) is 0 Å². The van der Waals surface area contributed by atoms with E-state index in [2.05, 4.69) is 10.4 Å². The van der Waals surface area contributed by atoms with Crippen LogP contribution in [-0.2, 0) is 7.05 Å². The molecule has 7 heteroatoms. The topological polar surface area (TPSA) is 79.9 Å². The standard InChI is InChI=1S/C17H17FN4O2/c1-22-10-13(9-20-22)24-16-4-2-3-15(16)21-17(23)11-5-6-14(18)12(7-11)8-19/h5-7,9-10,15-16H,2-4H2,1H3,(H,21,23)/t15-,16+/m0/s1. The molecule has 6 nitrogen and oxygen atoms in total. The predicted octanol–water partition coefficient (Wildman–Crippen LogP) is 2.16. The molecule has 0 unspecified atom stereocenters. The second-order valence-electron chi connectivity index (χ2n) is 5.82. The molecular formula is C17H17FN4O2. The number of aromatic nitrogens is 2. The highest BCUT2D eigenvalue weighted by atomic mass is 19.1. The Kier molecular flexibility index (Phi) is 4.47. The predicted molar refractivity (Wildman–Crippen MR) is 83.8 cm³/mol. The zero-order chi connectivity index (χ0) is 17.1. The number of rotatable bonds is 4. The Hall–Kier alpha value is -2.88. The molecule has 0 radical (unpaired) electrons. The second kappa shape index (κ2) is 6.71. The van der Waals surface area contributed by atoms with Crippen molar-refractivity contribution in [1.82, 2.24) is 15.1 Å². The molecule has 0 saturated heterocycles. The number of nitrogens with zero attached hydrogens (tertiary/aromatic N) is 3. The average Bonchev–Trinajstić information content (AvgIpc) is 3.17. The summed E-state index contributed by atoms with van der Waals surface area (Å²) in [5.74, 6) is -0.303. The average molecular weight is 328 g/mol. The molecule has 1 aliphatic carbocycles. The summed E-state index contributed by atoms with van der Waals surface area (Å²) in [7, 11) is 1.81. The van der Waals surface area contributed by atoms with E-state index in [1.165, 1.54) is 12.1 Å². The second-order valence-corrected chi connectivity index (χ2v) is 5.82. The van der Waals surface area contributed by atoms with Crippen LogP contribution in [0.3, 0.4) is 0 Å². The molecule has 1 aromatic heterocycles. The molecule has 24 heavy (non-hydrogen) atoms. The summed E-state index contributed by atoms with van der Waals surface area (Å²) in [5, 5.41) is 15.8. The van der Waals surface area contributed by atoms with Gasteiger partial charge in [0.25, 0.3) is 5.91 Å². The number of hydrogen-bond donors (Lipinski definition) is 1. The van der Waals surface area contributed by atoms with E-state index in [0.29, 0.717) is 5.75 Å². The van der Waals surface area contributed by atoms with E-state index in [-0.39, 0.29) is 29.2 Å². The Balaban J connectivity index is 1.68. The van der Waals surface area contributed by atoms with Crippen LogP contribution in [0.5, 0.6) is 5.75 Å². The molecule has 1 heterocycles. The largest absolute Gasteiger partial charge is 0.485 e. The maximum atomic E-state index is 13.4. The molecule has 1 aliphatic rings. The van der Waals surface area contributed by atoms with E-state index in [4.69, 9.17) is 10.00 Å². The summed E-state index contributed by atoms with van der Waals surface area (Å²) in [5.41, 5.74) is 0.122. The van der Waals surface area contributed by atoms with Crippen LogP contribution in [0, 0.1) is 17.1 Å². The lowest BCUT2D eigenvalue weighted by Crippen LogP contribution is -2.42. The van der Waals surface area contributed by atoms with Crippen molar-refractivity contribution in [1.29, 1.82) is 5.26 Å². The van der Waals surface area contributed by atoms with Crippen molar-refractivity contribution in [2.45, 2.75) is 31.4 Å². The molecule has 0 bridgehead atoms. The molecule has 124 valence electrons. The number of hydrogen-bond acceptors (Lipinski definition) is 4. The van der Waals surface area contributed by atoms with Gasteiger partial charge in [-0.25, -0.2) is 4.39 Å². The maximum Gasteiger partial charge on any atom is 0.251 e. The number of amides is 1. The van der Waals surface area contributed by atoms with E-state index in [1.54, 1.807) is 23.1 Å². The summed E-state index contributed by atoms with van der Waals surface area (Å²) in [6, 6.07) is 5.37. The summed E-state index contributed by atoms with van der Waals surface area (Å²) < 4.78 is 20.9. The van der Waals surface area contributed by atoms with Crippen molar-refractivity contribution >= 4 is 5.91 Å². The van der Waals surface area contributed by atoms with Crippen molar-refractivity contribution in [3.63, 3.8) is 0 Å². The molecule has 2 aromatic rings. The number of carbonyl (C=O) groups excluding carboxylic acids is 1. The van der Waals surface area contributed by atoms with E-state index in [1.807, 2.05) is 7.05 Å². The van der Waals surface area contributed by atoms with Crippen molar-refractivity contribution in [2.24, 2.45) is 7.05 Å². The first kappa shape index (κ1) is 16.0. The van der Waals surface area contributed by atoms with E-state index < -0.39 is 5.82 Å². The third-order valence-electron chi connectivity index (χ3n) is 4.09. The fourth-order valence-electron chi connectivity index (χ4n) is 2.87. The highest BCUT2D eigenvalue weighted by molar-refractivity contribution is 5.94. The summed E-state index contributed by atoms with van der Waals surface area (Å²) in [6.07, 6.45) is 5.87. The number of nitriles is 1. The first-order valence-electron chi connectivity index (χ1n) is 7.72. The SMILES string of the molecule is Cn1cc(O[C@@H]2CCC[C@@H]2NC(=O)c2ccc(F)c(C#N)c2)cn1. The van der Waals surface area contributed by atoms with Crippen LogP contribution < -0.4 is 10.1 Å². The Morgan fingerprint density at radius 2 is 2.33 bits per heavy atom. The van der Waals surface area contributed by atoms with Crippen LogP contribution in [0.2, 0.25) is 0 Å². The number of halogens is 1. The first-order valence-corrected chi connectivity index (χ1v) is 7.72. The van der Waals surface area contributed by atoms with E-state index >= 15 is 0 Å². The molecule has 0 aliphatic heterocycles. The van der Waals surface area contributed by atoms with Gasteiger partial charge < -0.3 is 10.1 Å². The van der Waals surface area contributed by atoms with Gasteiger partial charge in [0, 0.05) is 12.6 Å². The van der Waals surface area contributed by atoms with E-state index in [0.717, 1.165) is 25.3 Å². The van der Waals surface area contributed by atoms with Gasteiger partial charge in [0.2, 0.25) is 0 Å². The Morgan fingerprint density at radius 3 is 3.04 bits per heavy atom. The minimum atomic E-state index is -0.632. The fourth-order valence-corrected chi connectivity index (χ4v) is 2.87. The minimum Gasteiger partial charge on any atom is -0.485 e. The minimum absolute atomic E-state index is 0.131. The molecule has 1 N–H and O–H groups in total. The van der Waals surface area contributed by atoms with E-state index in [9.17, 15) is 9.18 Å². The Labute approximate surface area is 138 Å². The lowest BCUT2D eigenvalue weighted by atomic mass is 10.1. The molecule has 3 rings (SSSR count). The molecule has 1 aromatic carbocycles. The lowest BCUT2D eigenvalue weighted by molar-refractivity contribution is 0.0894. The van der Waals surface area contributed by atoms with Gasteiger partial charge in [0.1, 0.15) is 18.0 Å². The van der Waals surface area contributed by atoms with Gasteiger partial charge in [-0.15, -0.1) is 0 Å². The molecular weight excluding hydrogens is 311 g/mol. The summed E-state index contributed by atoms with van der Waals surface area (Å²) in [6.45, 7) is 0. The smallest absolute Gasteiger partial charge is 0.251 e. The van der Waals surface area contributed by atoms with Crippen molar-refractivity contribution in [3.8, 4) is 11.8 Å². The van der Waals surface area contributed by atoms with Gasteiger partial charge in [-0.3, -0.25) is 9.48 Å². The molecule has 1 fully saturated rings. The van der Waals surface area contributed by atoms with Crippen molar-refractivity contribution in [3.05, 3.63) is 47.5 Å². The highest BCUT2D eigenvalue weighted by Crippen LogP contribution is 2.25. The third kappa shape index (κ3) is 3.38. The van der Waals surface area contributed by atoms with Crippen LogP contribution in [0.1, 0.15) is 35.2 Å². The fraction of sp³-hybridized carbons (Fsp3) is 0.353. The normalized spacial score (nSPS) is 19.7. The third-order valence-corrected chi connectivity index (χ3v) is 4.09. The molecule has 0 spiro atoms. The zero-order valence-corrected chi connectivity index (χ0v) is 13.2. The number of aryl methyl sites for hydroxylation is 1. The first-order chi connectivity index (χ1) is 11.6. The molecule has 1 amide bonds. The maximum absolute atomic E-state index is 13.4. The van der Waals surface area contributed by atoms with Crippen LogP contribution in [-0.4, -0.2) is 27.8 Å². The summed E-state index contributed by atoms with van der Waals surface area (Å²) in [4.78, 5) is 12.4. The van der Waals surface area contributed by atoms with Gasteiger partial charge >= 0.3 is 0 Å². The number of carbonyl (C=O) groups is 1. The van der Waals surface area contributed by atoms with Gasteiger partial charge in [-0.1, -0.05) is 0 Å².